The SMILES string of the molecule is CN1C[C@@H](CC(=O)O)N(C)C1=O. The fourth-order valence-electron chi connectivity index (χ4n) is 1.35. The lowest BCUT2D eigenvalue weighted by atomic mass is 10.2. The monoisotopic (exact) mass is 172 g/mol. The molecule has 12 heavy (non-hydrogen) atoms. The van der Waals surface area contributed by atoms with Crippen molar-refractivity contribution in [3.63, 3.8) is 0 Å². The number of rotatable bonds is 2. The Labute approximate surface area is 70.6 Å². The second-order valence-electron chi connectivity index (χ2n) is 3.03. The van der Waals surface area contributed by atoms with E-state index in [-0.39, 0.29) is 18.5 Å². The highest BCUT2D eigenvalue weighted by molar-refractivity contribution is 5.78. The van der Waals surface area contributed by atoms with Gasteiger partial charge in [-0.1, -0.05) is 0 Å². The van der Waals surface area contributed by atoms with Crippen molar-refractivity contribution in [1.82, 2.24) is 9.80 Å². The Balaban J connectivity index is 2.58. The summed E-state index contributed by atoms with van der Waals surface area (Å²) in [5, 5.41) is 8.51. The lowest BCUT2D eigenvalue weighted by molar-refractivity contribution is -0.137. The van der Waals surface area contributed by atoms with Gasteiger partial charge in [0, 0.05) is 20.6 Å². The molecule has 1 fully saturated rings. The fourth-order valence-corrected chi connectivity index (χ4v) is 1.35. The van der Waals surface area contributed by atoms with E-state index >= 15 is 0 Å². The first kappa shape index (κ1) is 8.83. The number of carbonyl (C=O) groups excluding carboxylic acids is 1. The summed E-state index contributed by atoms with van der Waals surface area (Å²) in [7, 11) is 3.29. The van der Waals surface area contributed by atoms with Crippen molar-refractivity contribution in [3.05, 3.63) is 0 Å². The molecule has 0 saturated carbocycles. The van der Waals surface area contributed by atoms with Gasteiger partial charge in [0.1, 0.15) is 0 Å². The Morgan fingerprint density at radius 1 is 1.67 bits per heavy atom. The maximum absolute atomic E-state index is 11.2. The zero-order chi connectivity index (χ0) is 9.30. The number of aliphatic carboxylic acids is 1. The lowest BCUT2D eigenvalue weighted by Crippen LogP contribution is -2.31. The van der Waals surface area contributed by atoms with Gasteiger partial charge in [-0.25, -0.2) is 4.79 Å². The minimum absolute atomic E-state index is 0.0204. The normalized spacial score (nSPS) is 23.5. The second-order valence-corrected chi connectivity index (χ2v) is 3.03. The van der Waals surface area contributed by atoms with Crippen LogP contribution in [0.5, 0.6) is 0 Å². The molecule has 0 aromatic rings. The molecule has 1 atom stereocenters. The van der Waals surface area contributed by atoms with Crippen LogP contribution in [0.15, 0.2) is 0 Å². The summed E-state index contributed by atoms with van der Waals surface area (Å²) < 4.78 is 0. The number of nitrogens with zero attached hydrogens (tertiary/aromatic N) is 2. The Hall–Kier alpha value is -1.26. The molecule has 1 heterocycles. The summed E-state index contributed by atoms with van der Waals surface area (Å²) in [4.78, 5) is 24.5. The molecule has 2 amide bonds. The second kappa shape index (κ2) is 3.00. The summed E-state index contributed by atoms with van der Waals surface area (Å²) in [6, 6.07) is -0.291. The van der Waals surface area contributed by atoms with Crippen molar-refractivity contribution < 1.29 is 14.7 Å². The largest absolute Gasteiger partial charge is 0.481 e. The van der Waals surface area contributed by atoms with Gasteiger partial charge < -0.3 is 14.9 Å². The zero-order valence-corrected chi connectivity index (χ0v) is 7.15. The maximum atomic E-state index is 11.2. The van der Waals surface area contributed by atoms with Gasteiger partial charge in [-0.2, -0.15) is 0 Å². The molecule has 0 bridgehead atoms. The van der Waals surface area contributed by atoms with Crippen LogP contribution >= 0.6 is 0 Å². The van der Waals surface area contributed by atoms with E-state index in [1.807, 2.05) is 0 Å². The quantitative estimate of drug-likeness (QED) is 0.629. The third-order valence-corrected chi connectivity index (χ3v) is 2.07. The molecule has 1 aliphatic rings. The van der Waals surface area contributed by atoms with Crippen LogP contribution in [-0.4, -0.2) is 53.6 Å². The number of carboxylic acid groups (broad SMARTS) is 1. The maximum Gasteiger partial charge on any atom is 0.319 e. The topological polar surface area (TPSA) is 60.9 Å². The van der Waals surface area contributed by atoms with Crippen LogP contribution in [0.25, 0.3) is 0 Å². The number of urea groups is 1. The van der Waals surface area contributed by atoms with Crippen LogP contribution in [0.2, 0.25) is 0 Å². The van der Waals surface area contributed by atoms with E-state index in [0.29, 0.717) is 6.54 Å². The highest BCUT2D eigenvalue weighted by Gasteiger charge is 2.33. The first-order valence-corrected chi connectivity index (χ1v) is 3.72. The fraction of sp³-hybridized carbons (Fsp3) is 0.714. The van der Waals surface area contributed by atoms with Crippen molar-refractivity contribution in [3.8, 4) is 0 Å². The van der Waals surface area contributed by atoms with Crippen molar-refractivity contribution in [2.24, 2.45) is 0 Å². The van der Waals surface area contributed by atoms with E-state index in [2.05, 4.69) is 0 Å². The van der Waals surface area contributed by atoms with Crippen molar-refractivity contribution in [2.45, 2.75) is 12.5 Å². The van der Waals surface area contributed by atoms with Gasteiger partial charge in [0.2, 0.25) is 0 Å². The molecule has 0 radical (unpaired) electrons. The summed E-state index contributed by atoms with van der Waals surface area (Å²) in [6.07, 6.45) is 0.0204. The predicted molar refractivity (Wildman–Crippen MR) is 41.8 cm³/mol. The number of likely N-dealkylation sites (N-methyl/N-ethyl adjacent to an activating group) is 2. The molecule has 0 aliphatic carbocycles. The standard InChI is InChI=1S/C7H12N2O3/c1-8-4-5(3-6(10)11)9(2)7(8)12/h5H,3-4H2,1-2H3,(H,10,11)/t5-/m1/s1. The number of carbonyl (C=O) groups is 2. The molecule has 5 nitrogen and oxygen atoms in total. The van der Waals surface area contributed by atoms with E-state index in [4.69, 9.17) is 5.11 Å². The molecule has 5 heteroatoms. The van der Waals surface area contributed by atoms with Crippen LogP contribution in [0.1, 0.15) is 6.42 Å². The first-order valence-electron chi connectivity index (χ1n) is 3.72. The molecule has 1 N–H and O–H groups in total. The van der Waals surface area contributed by atoms with Gasteiger partial charge in [-0.05, 0) is 0 Å². The molecule has 1 aliphatic heterocycles. The molecule has 0 spiro atoms. The van der Waals surface area contributed by atoms with E-state index in [0.717, 1.165) is 0 Å². The molecular formula is C7H12N2O3. The molecule has 0 unspecified atom stereocenters. The van der Waals surface area contributed by atoms with Gasteiger partial charge in [-0.15, -0.1) is 0 Å². The third kappa shape index (κ3) is 1.49. The highest BCUT2D eigenvalue weighted by atomic mass is 16.4. The summed E-state index contributed by atoms with van der Waals surface area (Å²) in [6.45, 7) is 0.502. The molecule has 1 saturated heterocycles. The van der Waals surface area contributed by atoms with Gasteiger partial charge in [0.15, 0.2) is 0 Å². The van der Waals surface area contributed by atoms with Gasteiger partial charge in [0.05, 0.1) is 12.5 Å². The Bertz CT molecular complexity index is 217. The van der Waals surface area contributed by atoms with E-state index in [1.165, 1.54) is 9.80 Å². The Morgan fingerprint density at radius 2 is 2.25 bits per heavy atom. The van der Waals surface area contributed by atoms with E-state index in [9.17, 15) is 9.59 Å². The van der Waals surface area contributed by atoms with Crippen LogP contribution in [0.4, 0.5) is 4.79 Å². The minimum Gasteiger partial charge on any atom is -0.481 e. The number of hydrogen-bond donors (Lipinski definition) is 1. The number of hydrogen-bond acceptors (Lipinski definition) is 2. The lowest BCUT2D eigenvalue weighted by Gasteiger charge is -2.14. The Kier molecular flexibility index (Phi) is 2.21. The smallest absolute Gasteiger partial charge is 0.319 e. The third-order valence-electron chi connectivity index (χ3n) is 2.07. The molecule has 0 aromatic heterocycles. The van der Waals surface area contributed by atoms with Gasteiger partial charge in [0.25, 0.3) is 0 Å². The first-order chi connectivity index (χ1) is 5.52. The number of amides is 2. The molecule has 1 rings (SSSR count). The molecular weight excluding hydrogens is 160 g/mol. The number of carboxylic acids is 1. The van der Waals surface area contributed by atoms with Crippen LogP contribution in [0, 0.1) is 0 Å². The van der Waals surface area contributed by atoms with E-state index < -0.39 is 5.97 Å². The van der Waals surface area contributed by atoms with Crippen molar-refractivity contribution in [2.75, 3.05) is 20.6 Å². The molecule has 68 valence electrons. The van der Waals surface area contributed by atoms with Crippen LogP contribution < -0.4 is 0 Å². The van der Waals surface area contributed by atoms with Crippen LogP contribution in [-0.2, 0) is 4.79 Å². The van der Waals surface area contributed by atoms with E-state index in [1.54, 1.807) is 14.1 Å². The highest BCUT2D eigenvalue weighted by Crippen LogP contribution is 2.14. The summed E-state index contributed by atoms with van der Waals surface area (Å²) in [5.74, 6) is -0.866. The summed E-state index contributed by atoms with van der Waals surface area (Å²) >= 11 is 0. The zero-order valence-electron chi connectivity index (χ0n) is 7.15. The summed E-state index contributed by atoms with van der Waals surface area (Å²) in [5.41, 5.74) is 0. The predicted octanol–water partition coefficient (Wildman–Crippen LogP) is -0.173. The minimum atomic E-state index is -0.866. The average molecular weight is 172 g/mol. The Morgan fingerprint density at radius 3 is 2.58 bits per heavy atom. The van der Waals surface area contributed by atoms with Crippen molar-refractivity contribution >= 4 is 12.0 Å². The van der Waals surface area contributed by atoms with Crippen molar-refractivity contribution in [1.29, 1.82) is 0 Å². The van der Waals surface area contributed by atoms with Gasteiger partial charge >= 0.3 is 12.0 Å². The molecule has 0 aromatic carbocycles. The van der Waals surface area contributed by atoms with Gasteiger partial charge in [-0.3, -0.25) is 4.79 Å². The van der Waals surface area contributed by atoms with Crippen LogP contribution in [0.3, 0.4) is 0 Å². The average Bonchev–Trinajstić information content (AvgIpc) is 2.17.